The number of pyridine rings is 1. The molecule has 6 heteroatoms. The Bertz CT molecular complexity index is 887. The molecule has 1 aliphatic heterocycles. The first-order chi connectivity index (χ1) is 11.2. The number of ether oxygens (including phenoxy) is 2. The number of halogens is 2. The van der Waals surface area contributed by atoms with Gasteiger partial charge in [0.1, 0.15) is 5.02 Å². The number of rotatable bonds is 2. The summed E-state index contributed by atoms with van der Waals surface area (Å²) in [6.07, 6.45) is 0. The van der Waals surface area contributed by atoms with Gasteiger partial charge in [-0.05, 0) is 24.3 Å². The Morgan fingerprint density at radius 2 is 1.48 bits per heavy atom. The fourth-order valence-electron chi connectivity index (χ4n) is 2.27. The molecule has 0 spiro atoms. The summed E-state index contributed by atoms with van der Waals surface area (Å²) < 4.78 is 25.5. The van der Waals surface area contributed by atoms with E-state index in [4.69, 9.17) is 21.1 Å². The molecule has 0 unspecified atom stereocenters. The molecule has 0 bridgehead atoms. The number of benzene rings is 2. The van der Waals surface area contributed by atoms with E-state index in [0.29, 0.717) is 11.5 Å². The zero-order valence-corrected chi connectivity index (χ0v) is 12.5. The molecule has 0 radical (unpaired) electrons. The molecule has 23 heavy (non-hydrogen) atoms. The molecule has 1 aromatic heterocycles. The number of hydrogen-bond donors (Lipinski definition) is 1. The molecule has 114 valence electrons. The Morgan fingerprint density at radius 1 is 0.870 bits per heavy atom. The predicted molar refractivity (Wildman–Crippen MR) is 85.5 cm³/mol. The molecule has 0 fully saturated rings. The first kappa shape index (κ1) is 13.8. The number of anilines is 2. The summed E-state index contributed by atoms with van der Waals surface area (Å²) in [5.74, 6) is 0.712. The maximum atomic E-state index is 14.0. The van der Waals surface area contributed by atoms with E-state index in [0.717, 1.165) is 5.69 Å². The fourth-order valence-corrected chi connectivity index (χ4v) is 2.43. The van der Waals surface area contributed by atoms with Crippen molar-refractivity contribution >= 4 is 23.1 Å². The van der Waals surface area contributed by atoms with Crippen molar-refractivity contribution < 1.29 is 13.9 Å². The SMILES string of the molecule is Fc1nc(Nc2ccccc2)c2c(c1Cl)Oc1ccccc1O2. The average molecular weight is 329 g/mol. The third-order valence-corrected chi connectivity index (χ3v) is 3.65. The van der Waals surface area contributed by atoms with Gasteiger partial charge in [0.15, 0.2) is 23.1 Å². The number of nitrogens with zero attached hydrogens (tertiary/aromatic N) is 1. The van der Waals surface area contributed by atoms with Crippen LogP contribution in [-0.2, 0) is 0 Å². The van der Waals surface area contributed by atoms with Gasteiger partial charge in [-0.2, -0.15) is 9.37 Å². The highest BCUT2D eigenvalue weighted by molar-refractivity contribution is 6.32. The van der Waals surface area contributed by atoms with Crippen LogP contribution in [0.25, 0.3) is 0 Å². The molecule has 0 saturated heterocycles. The minimum Gasteiger partial charge on any atom is -0.448 e. The number of hydrogen-bond acceptors (Lipinski definition) is 4. The van der Waals surface area contributed by atoms with E-state index < -0.39 is 5.95 Å². The first-order valence-corrected chi connectivity index (χ1v) is 7.26. The van der Waals surface area contributed by atoms with Gasteiger partial charge in [0, 0.05) is 5.69 Å². The van der Waals surface area contributed by atoms with Gasteiger partial charge in [-0.15, -0.1) is 0 Å². The summed E-state index contributed by atoms with van der Waals surface area (Å²) in [4.78, 5) is 3.84. The third kappa shape index (κ3) is 2.45. The molecule has 1 N–H and O–H groups in total. The maximum Gasteiger partial charge on any atom is 0.237 e. The largest absolute Gasteiger partial charge is 0.448 e. The zero-order valence-electron chi connectivity index (χ0n) is 11.7. The molecule has 2 aromatic carbocycles. The van der Waals surface area contributed by atoms with Gasteiger partial charge in [0.2, 0.25) is 11.7 Å². The fraction of sp³-hybridized carbons (Fsp3) is 0. The van der Waals surface area contributed by atoms with E-state index >= 15 is 0 Å². The summed E-state index contributed by atoms with van der Waals surface area (Å²) in [5.41, 5.74) is 0.742. The molecule has 2 heterocycles. The van der Waals surface area contributed by atoms with Gasteiger partial charge in [-0.25, -0.2) is 0 Å². The summed E-state index contributed by atoms with van der Waals surface area (Å²) >= 11 is 5.98. The van der Waals surface area contributed by atoms with Crippen molar-refractivity contribution in [1.82, 2.24) is 4.98 Å². The van der Waals surface area contributed by atoms with Crippen molar-refractivity contribution in [2.75, 3.05) is 5.32 Å². The number of para-hydroxylation sites is 3. The van der Waals surface area contributed by atoms with E-state index in [-0.39, 0.29) is 22.3 Å². The molecule has 0 saturated carbocycles. The average Bonchev–Trinajstić information content (AvgIpc) is 2.59. The van der Waals surface area contributed by atoms with E-state index in [2.05, 4.69) is 10.3 Å². The topological polar surface area (TPSA) is 43.4 Å². The van der Waals surface area contributed by atoms with Crippen molar-refractivity contribution in [2.45, 2.75) is 0 Å². The third-order valence-electron chi connectivity index (χ3n) is 3.32. The van der Waals surface area contributed by atoms with Gasteiger partial charge in [0.25, 0.3) is 0 Å². The second kappa shape index (κ2) is 5.44. The van der Waals surface area contributed by atoms with Crippen LogP contribution in [0.1, 0.15) is 0 Å². The number of aromatic nitrogens is 1. The Labute approximate surface area is 136 Å². The maximum absolute atomic E-state index is 14.0. The second-order valence-electron chi connectivity index (χ2n) is 4.87. The predicted octanol–water partition coefficient (Wildman–Crippen LogP) is 5.52. The van der Waals surface area contributed by atoms with Gasteiger partial charge in [0.05, 0.1) is 0 Å². The number of fused-ring (bicyclic) bond motifs is 2. The van der Waals surface area contributed by atoms with Crippen molar-refractivity contribution in [3.05, 3.63) is 65.6 Å². The van der Waals surface area contributed by atoms with Crippen LogP contribution >= 0.6 is 11.6 Å². The Balaban J connectivity index is 1.82. The lowest BCUT2D eigenvalue weighted by molar-refractivity contribution is 0.356. The standard InChI is InChI=1S/C17H10ClFN2O2/c18-13-14-15(23-12-9-5-4-8-11(12)22-14)17(21-16(13)19)20-10-6-2-1-3-7-10/h1-9H,(H,20,21). The molecular weight excluding hydrogens is 319 g/mol. The van der Waals surface area contributed by atoms with E-state index in [1.165, 1.54) is 0 Å². The lowest BCUT2D eigenvalue weighted by Crippen LogP contribution is -2.06. The van der Waals surface area contributed by atoms with Crippen LogP contribution in [0.3, 0.4) is 0 Å². The van der Waals surface area contributed by atoms with E-state index in [9.17, 15) is 4.39 Å². The lowest BCUT2D eigenvalue weighted by atomic mass is 10.2. The van der Waals surface area contributed by atoms with Crippen LogP contribution < -0.4 is 14.8 Å². The summed E-state index contributed by atoms with van der Waals surface area (Å²) in [6.45, 7) is 0. The molecule has 3 aromatic rings. The van der Waals surface area contributed by atoms with Crippen LogP contribution in [0.4, 0.5) is 15.9 Å². The zero-order chi connectivity index (χ0) is 15.8. The normalized spacial score (nSPS) is 11.7. The molecular formula is C17H10ClFN2O2. The number of nitrogens with one attached hydrogen (secondary N) is 1. The minimum absolute atomic E-state index is 0.108. The van der Waals surface area contributed by atoms with Crippen LogP contribution in [0, 0.1) is 5.95 Å². The van der Waals surface area contributed by atoms with Gasteiger partial charge < -0.3 is 14.8 Å². The van der Waals surface area contributed by atoms with Crippen molar-refractivity contribution in [3.63, 3.8) is 0 Å². The lowest BCUT2D eigenvalue weighted by Gasteiger charge is -2.23. The highest BCUT2D eigenvalue weighted by Gasteiger charge is 2.28. The summed E-state index contributed by atoms with van der Waals surface area (Å²) in [6, 6.07) is 16.3. The quantitative estimate of drug-likeness (QED) is 0.492. The molecule has 0 atom stereocenters. The van der Waals surface area contributed by atoms with Gasteiger partial charge >= 0.3 is 0 Å². The van der Waals surface area contributed by atoms with Crippen molar-refractivity contribution in [1.29, 1.82) is 0 Å². The minimum atomic E-state index is -0.827. The summed E-state index contributed by atoms with van der Waals surface area (Å²) in [5, 5.41) is 2.80. The molecule has 0 amide bonds. The molecule has 4 rings (SSSR count). The molecule has 1 aliphatic rings. The Morgan fingerprint density at radius 3 is 2.17 bits per heavy atom. The Kier molecular flexibility index (Phi) is 3.28. The molecule has 4 nitrogen and oxygen atoms in total. The van der Waals surface area contributed by atoms with Gasteiger partial charge in [-0.1, -0.05) is 41.9 Å². The van der Waals surface area contributed by atoms with E-state index in [1.54, 1.807) is 18.2 Å². The van der Waals surface area contributed by atoms with Crippen molar-refractivity contribution in [2.24, 2.45) is 0 Å². The Hall–Kier alpha value is -2.79. The van der Waals surface area contributed by atoms with Crippen molar-refractivity contribution in [3.8, 4) is 23.0 Å². The monoisotopic (exact) mass is 328 g/mol. The highest BCUT2D eigenvalue weighted by Crippen LogP contribution is 2.52. The van der Waals surface area contributed by atoms with Crippen LogP contribution in [0.15, 0.2) is 54.6 Å². The van der Waals surface area contributed by atoms with Crippen LogP contribution in [0.5, 0.6) is 23.0 Å². The highest BCUT2D eigenvalue weighted by atomic mass is 35.5. The van der Waals surface area contributed by atoms with Gasteiger partial charge in [-0.3, -0.25) is 0 Å². The van der Waals surface area contributed by atoms with E-state index in [1.807, 2.05) is 36.4 Å². The van der Waals surface area contributed by atoms with Crippen LogP contribution in [0.2, 0.25) is 5.02 Å². The first-order valence-electron chi connectivity index (χ1n) is 6.88. The smallest absolute Gasteiger partial charge is 0.237 e. The molecule has 0 aliphatic carbocycles. The van der Waals surface area contributed by atoms with Crippen LogP contribution in [-0.4, -0.2) is 4.98 Å². The summed E-state index contributed by atoms with van der Waals surface area (Å²) in [7, 11) is 0. The second-order valence-corrected chi connectivity index (χ2v) is 5.24.